The van der Waals surface area contributed by atoms with Crippen molar-refractivity contribution in [3.05, 3.63) is 59.1 Å². The third kappa shape index (κ3) is 3.62. The monoisotopic (exact) mass is 371 g/mol. The van der Waals surface area contributed by atoms with Gasteiger partial charge in [-0.1, -0.05) is 47.2 Å². The van der Waals surface area contributed by atoms with E-state index < -0.39 is 0 Å². The minimum Gasteiger partial charge on any atom is -0.345 e. The second-order valence-electron chi connectivity index (χ2n) is 6.14. The average molecular weight is 372 g/mol. The zero-order valence-corrected chi connectivity index (χ0v) is 15.3. The van der Waals surface area contributed by atoms with E-state index in [0.717, 1.165) is 42.4 Å². The molecule has 1 aliphatic heterocycles. The maximum absolute atomic E-state index is 12.5. The van der Waals surface area contributed by atoms with Crippen molar-refractivity contribution >= 4 is 44.2 Å². The molecule has 1 saturated heterocycles. The van der Waals surface area contributed by atoms with Crippen molar-refractivity contribution in [3.63, 3.8) is 0 Å². The first kappa shape index (κ1) is 16.4. The number of fused-ring (bicyclic) bond motifs is 1. The number of aromatic nitrogens is 1. The van der Waals surface area contributed by atoms with Crippen LogP contribution in [-0.2, 0) is 11.2 Å². The fourth-order valence-corrected chi connectivity index (χ4v) is 4.31. The van der Waals surface area contributed by atoms with Crippen LogP contribution in [0.3, 0.4) is 0 Å². The molecule has 4 rings (SSSR count). The predicted molar refractivity (Wildman–Crippen MR) is 104 cm³/mol. The van der Waals surface area contributed by atoms with Crippen LogP contribution in [0, 0.1) is 0 Å². The highest BCUT2D eigenvalue weighted by atomic mass is 35.5. The number of piperazine rings is 1. The number of rotatable bonds is 3. The Balaban J connectivity index is 1.38. The Morgan fingerprint density at radius 1 is 1.08 bits per heavy atom. The maximum atomic E-state index is 12.5. The smallest absolute Gasteiger partial charge is 0.227 e. The maximum Gasteiger partial charge on any atom is 0.227 e. The first-order chi connectivity index (χ1) is 12.2. The van der Waals surface area contributed by atoms with Crippen molar-refractivity contribution in [2.24, 2.45) is 0 Å². The highest BCUT2D eigenvalue weighted by Crippen LogP contribution is 2.29. The van der Waals surface area contributed by atoms with Gasteiger partial charge in [-0.2, -0.15) is 0 Å². The largest absolute Gasteiger partial charge is 0.345 e. The lowest BCUT2D eigenvalue weighted by molar-refractivity contribution is -0.130. The first-order valence-corrected chi connectivity index (χ1v) is 9.51. The van der Waals surface area contributed by atoms with Crippen LogP contribution < -0.4 is 4.90 Å². The fourth-order valence-electron chi connectivity index (χ4n) is 3.08. The molecule has 2 heterocycles. The number of amides is 1. The number of halogens is 1. The van der Waals surface area contributed by atoms with E-state index in [2.05, 4.69) is 11.0 Å². The van der Waals surface area contributed by atoms with Gasteiger partial charge in [-0.05, 0) is 29.8 Å². The van der Waals surface area contributed by atoms with Crippen LogP contribution in [0.2, 0.25) is 5.02 Å². The topological polar surface area (TPSA) is 36.4 Å². The minimum absolute atomic E-state index is 0.159. The number of thiazole rings is 1. The minimum atomic E-state index is 0.159. The summed E-state index contributed by atoms with van der Waals surface area (Å²) in [7, 11) is 0. The molecule has 0 radical (unpaired) electrons. The van der Waals surface area contributed by atoms with Gasteiger partial charge in [0.25, 0.3) is 0 Å². The summed E-state index contributed by atoms with van der Waals surface area (Å²) in [6, 6.07) is 15.7. The van der Waals surface area contributed by atoms with E-state index in [0.29, 0.717) is 11.4 Å². The zero-order chi connectivity index (χ0) is 17.2. The van der Waals surface area contributed by atoms with Crippen LogP contribution in [0.25, 0.3) is 10.2 Å². The number of para-hydroxylation sites is 1. The van der Waals surface area contributed by atoms with Gasteiger partial charge in [0, 0.05) is 31.2 Å². The van der Waals surface area contributed by atoms with E-state index in [1.54, 1.807) is 11.3 Å². The molecule has 0 bridgehead atoms. The van der Waals surface area contributed by atoms with Gasteiger partial charge in [0.15, 0.2) is 5.13 Å². The van der Waals surface area contributed by atoms with Crippen LogP contribution in [-0.4, -0.2) is 42.0 Å². The molecule has 1 aromatic heterocycles. The van der Waals surface area contributed by atoms with E-state index in [9.17, 15) is 4.79 Å². The molecule has 1 fully saturated rings. The van der Waals surface area contributed by atoms with Crippen LogP contribution in [0.5, 0.6) is 0 Å². The number of hydrogen-bond acceptors (Lipinski definition) is 4. The fraction of sp³-hybridized carbons (Fsp3) is 0.263. The lowest BCUT2D eigenvalue weighted by atomic mass is 10.1. The summed E-state index contributed by atoms with van der Waals surface area (Å²) in [5.74, 6) is 0.159. The van der Waals surface area contributed by atoms with Crippen LogP contribution >= 0.6 is 22.9 Å². The summed E-state index contributed by atoms with van der Waals surface area (Å²) in [4.78, 5) is 21.4. The van der Waals surface area contributed by atoms with Crippen molar-refractivity contribution in [3.8, 4) is 0 Å². The third-order valence-electron chi connectivity index (χ3n) is 4.43. The van der Waals surface area contributed by atoms with Gasteiger partial charge < -0.3 is 9.80 Å². The van der Waals surface area contributed by atoms with Crippen molar-refractivity contribution in [1.82, 2.24) is 9.88 Å². The van der Waals surface area contributed by atoms with Gasteiger partial charge in [-0.25, -0.2) is 4.98 Å². The molecule has 0 unspecified atom stereocenters. The summed E-state index contributed by atoms with van der Waals surface area (Å²) in [5, 5.41) is 1.72. The molecule has 2 aromatic carbocycles. The van der Waals surface area contributed by atoms with Crippen molar-refractivity contribution in [2.75, 3.05) is 31.1 Å². The molecule has 0 spiro atoms. The summed E-state index contributed by atoms with van der Waals surface area (Å²) < 4.78 is 1.21. The van der Waals surface area contributed by atoms with E-state index in [1.165, 1.54) is 4.70 Å². The molecule has 1 aliphatic rings. The number of nitrogens with zero attached hydrogens (tertiary/aromatic N) is 3. The molecule has 0 atom stereocenters. The molecule has 6 heteroatoms. The second kappa shape index (κ2) is 7.02. The molecule has 0 N–H and O–H groups in total. The number of carbonyl (C=O) groups excluding carboxylic acids is 1. The standard InChI is InChI=1S/C19H18ClN3OS/c20-15-5-3-4-14(12-15)13-18(24)22-8-10-23(11-9-22)19-21-16-6-1-2-7-17(16)25-19/h1-7,12H,8-11,13H2. The van der Waals surface area contributed by atoms with Crippen LogP contribution in [0.15, 0.2) is 48.5 Å². The Labute approximate surface area is 155 Å². The van der Waals surface area contributed by atoms with Gasteiger partial charge in [0.1, 0.15) is 0 Å². The van der Waals surface area contributed by atoms with E-state index >= 15 is 0 Å². The van der Waals surface area contributed by atoms with Gasteiger partial charge in [0.2, 0.25) is 5.91 Å². The Kier molecular flexibility index (Phi) is 4.59. The number of carbonyl (C=O) groups is 1. The van der Waals surface area contributed by atoms with Gasteiger partial charge in [0.05, 0.1) is 16.6 Å². The molecular formula is C19H18ClN3OS. The summed E-state index contributed by atoms with van der Waals surface area (Å²) in [6.07, 6.45) is 0.404. The first-order valence-electron chi connectivity index (χ1n) is 8.32. The Morgan fingerprint density at radius 3 is 2.64 bits per heavy atom. The van der Waals surface area contributed by atoms with E-state index in [1.807, 2.05) is 47.4 Å². The molecular weight excluding hydrogens is 354 g/mol. The normalized spacial score (nSPS) is 14.9. The molecule has 1 amide bonds. The Morgan fingerprint density at radius 2 is 1.88 bits per heavy atom. The number of anilines is 1. The second-order valence-corrected chi connectivity index (χ2v) is 7.58. The highest BCUT2D eigenvalue weighted by molar-refractivity contribution is 7.22. The van der Waals surface area contributed by atoms with Crippen molar-refractivity contribution < 1.29 is 4.79 Å². The Hall–Kier alpha value is -2.11. The molecule has 0 saturated carbocycles. The van der Waals surface area contributed by atoms with E-state index in [4.69, 9.17) is 16.6 Å². The number of benzene rings is 2. The lowest BCUT2D eigenvalue weighted by Gasteiger charge is -2.34. The predicted octanol–water partition coefficient (Wildman–Crippen LogP) is 3.84. The molecule has 25 heavy (non-hydrogen) atoms. The third-order valence-corrected chi connectivity index (χ3v) is 5.76. The van der Waals surface area contributed by atoms with Crippen LogP contribution in [0.4, 0.5) is 5.13 Å². The molecule has 0 aliphatic carbocycles. The van der Waals surface area contributed by atoms with E-state index in [-0.39, 0.29) is 5.91 Å². The van der Waals surface area contributed by atoms with Crippen LogP contribution in [0.1, 0.15) is 5.56 Å². The Bertz CT molecular complexity index is 869. The quantitative estimate of drug-likeness (QED) is 0.701. The SMILES string of the molecule is O=C(Cc1cccc(Cl)c1)N1CCN(c2nc3ccccc3s2)CC1. The van der Waals surface area contributed by atoms with Gasteiger partial charge in [-0.3, -0.25) is 4.79 Å². The summed E-state index contributed by atoms with van der Waals surface area (Å²) in [5.41, 5.74) is 2.01. The number of hydrogen-bond donors (Lipinski definition) is 0. The van der Waals surface area contributed by atoms with Crippen molar-refractivity contribution in [2.45, 2.75) is 6.42 Å². The highest BCUT2D eigenvalue weighted by Gasteiger charge is 2.23. The molecule has 128 valence electrons. The average Bonchev–Trinajstić information content (AvgIpc) is 3.06. The van der Waals surface area contributed by atoms with Gasteiger partial charge in [-0.15, -0.1) is 0 Å². The van der Waals surface area contributed by atoms with Gasteiger partial charge >= 0.3 is 0 Å². The summed E-state index contributed by atoms with van der Waals surface area (Å²) in [6.45, 7) is 3.10. The molecule has 3 aromatic rings. The van der Waals surface area contributed by atoms with Crippen molar-refractivity contribution in [1.29, 1.82) is 0 Å². The lowest BCUT2D eigenvalue weighted by Crippen LogP contribution is -2.49. The zero-order valence-electron chi connectivity index (χ0n) is 13.7. The molecule has 4 nitrogen and oxygen atoms in total. The summed E-state index contributed by atoms with van der Waals surface area (Å²) >= 11 is 7.71.